The molecule has 1 aromatic heterocycles. The zero-order valence-electron chi connectivity index (χ0n) is 17.2. The monoisotopic (exact) mass is 372 g/mol. The second-order valence-electron chi connectivity index (χ2n) is 8.85. The second-order valence-corrected chi connectivity index (χ2v) is 13.9. The van der Waals surface area contributed by atoms with Gasteiger partial charge in [0.25, 0.3) is 0 Å². The first kappa shape index (κ1) is 18.1. The summed E-state index contributed by atoms with van der Waals surface area (Å²) in [4.78, 5) is 0. The van der Waals surface area contributed by atoms with Crippen molar-refractivity contribution in [3.8, 4) is 11.1 Å². The van der Waals surface area contributed by atoms with E-state index in [9.17, 15) is 0 Å². The van der Waals surface area contributed by atoms with Gasteiger partial charge in [-0.3, -0.25) is 0 Å². The minimum Gasteiger partial charge on any atom is -0.462 e. The molecule has 0 N–H and O–H groups in total. The summed E-state index contributed by atoms with van der Waals surface area (Å²) in [5.74, 6) is 1.97. The third-order valence-electron chi connectivity index (χ3n) is 5.77. The Labute approximate surface area is 163 Å². The zero-order valence-corrected chi connectivity index (χ0v) is 18.2. The minimum absolute atomic E-state index is 0.948. The van der Waals surface area contributed by atoms with Crippen molar-refractivity contribution in [2.24, 2.45) is 0 Å². The van der Waals surface area contributed by atoms with E-state index in [0.717, 1.165) is 17.9 Å². The number of fused-ring (bicyclic) bond motifs is 1. The highest BCUT2D eigenvalue weighted by Crippen LogP contribution is 2.40. The van der Waals surface area contributed by atoms with Crippen LogP contribution in [0.1, 0.15) is 33.8 Å². The molecule has 0 fully saturated rings. The standard InChI is InChI=1S/C25H28OSi/c1-16-13-20-14-21(24-12-7-17(2)26-24)15-23(20)25(18(16)3)19-8-10-22(11-9-19)27(4,5)6/h7-13,15H,14H2,1-6H3. The lowest BCUT2D eigenvalue weighted by atomic mass is 9.90. The molecule has 0 saturated carbocycles. The van der Waals surface area contributed by atoms with E-state index < -0.39 is 8.07 Å². The van der Waals surface area contributed by atoms with Crippen LogP contribution >= 0.6 is 0 Å². The first-order valence-corrected chi connectivity index (χ1v) is 13.3. The van der Waals surface area contributed by atoms with Crippen molar-refractivity contribution in [2.75, 3.05) is 0 Å². The Balaban J connectivity index is 1.84. The van der Waals surface area contributed by atoms with Gasteiger partial charge in [0.05, 0.1) is 8.07 Å². The molecule has 0 unspecified atom stereocenters. The summed E-state index contributed by atoms with van der Waals surface area (Å²) in [6.45, 7) is 13.7. The fourth-order valence-corrected chi connectivity index (χ4v) is 5.19. The summed E-state index contributed by atoms with van der Waals surface area (Å²) in [5, 5.41) is 1.51. The molecule has 0 aliphatic heterocycles. The predicted octanol–water partition coefficient (Wildman–Crippen LogP) is 6.51. The largest absolute Gasteiger partial charge is 0.462 e. The van der Waals surface area contributed by atoms with Crippen LogP contribution in [0, 0.1) is 20.8 Å². The molecule has 138 valence electrons. The van der Waals surface area contributed by atoms with Gasteiger partial charge >= 0.3 is 0 Å². The van der Waals surface area contributed by atoms with Gasteiger partial charge in [-0.05, 0) is 77.9 Å². The molecule has 0 bridgehead atoms. The smallest absolute Gasteiger partial charge is 0.130 e. The lowest BCUT2D eigenvalue weighted by Gasteiger charge is -2.19. The van der Waals surface area contributed by atoms with E-state index in [-0.39, 0.29) is 0 Å². The van der Waals surface area contributed by atoms with Crippen LogP contribution in [0.2, 0.25) is 19.6 Å². The van der Waals surface area contributed by atoms with E-state index >= 15 is 0 Å². The van der Waals surface area contributed by atoms with Crippen LogP contribution in [0.5, 0.6) is 0 Å². The number of rotatable bonds is 3. The van der Waals surface area contributed by atoms with E-state index in [1.54, 1.807) is 0 Å². The number of furan rings is 1. The Morgan fingerprint density at radius 2 is 1.59 bits per heavy atom. The van der Waals surface area contributed by atoms with Crippen LogP contribution in [-0.2, 0) is 6.42 Å². The van der Waals surface area contributed by atoms with Crippen molar-refractivity contribution in [1.82, 2.24) is 0 Å². The molecule has 2 aromatic carbocycles. The van der Waals surface area contributed by atoms with E-state index in [1.807, 2.05) is 13.0 Å². The predicted molar refractivity (Wildman–Crippen MR) is 119 cm³/mol. The summed E-state index contributed by atoms with van der Waals surface area (Å²) in [6.07, 6.45) is 3.28. The van der Waals surface area contributed by atoms with Crippen LogP contribution in [0.25, 0.3) is 22.8 Å². The fraction of sp³-hybridized carbons (Fsp3) is 0.280. The van der Waals surface area contributed by atoms with Gasteiger partial charge in [-0.15, -0.1) is 0 Å². The quantitative estimate of drug-likeness (QED) is 0.477. The molecule has 1 aliphatic carbocycles. The fourth-order valence-electron chi connectivity index (χ4n) is 4.02. The van der Waals surface area contributed by atoms with Gasteiger partial charge in [-0.1, -0.05) is 55.2 Å². The Hall–Kier alpha value is -2.32. The highest BCUT2D eigenvalue weighted by atomic mass is 28.3. The topological polar surface area (TPSA) is 13.1 Å². The van der Waals surface area contributed by atoms with E-state index in [4.69, 9.17) is 4.42 Å². The maximum Gasteiger partial charge on any atom is 0.130 e. The first-order chi connectivity index (χ1) is 12.7. The molecule has 0 radical (unpaired) electrons. The highest BCUT2D eigenvalue weighted by Gasteiger charge is 2.23. The average molecular weight is 373 g/mol. The van der Waals surface area contributed by atoms with Crippen molar-refractivity contribution in [3.05, 3.63) is 76.2 Å². The SMILES string of the molecule is Cc1ccc(C2=Cc3c(cc(C)c(C)c3-c3ccc([Si](C)(C)C)cc3)C2)o1. The van der Waals surface area contributed by atoms with Gasteiger partial charge in [0.15, 0.2) is 0 Å². The molecule has 1 aliphatic rings. The van der Waals surface area contributed by atoms with Gasteiger partial charge in [0, 0.05) is 6.42 Å². The third kappa shape index (κ3) is 3.23. The molecule has 2 heteroatoms. The second kappa shape index (κ2) is 6.38. The Morgan fingerprint density at radius 1 is 0.889 bits per heavy atom. The summed E-state index contributed by atoms with van der Waals surface area (Å²) >= 11 is 0. The van der Waals surface area contributed by atoms with Gasteiger partial charge in [-0.25, -0.2) is 0 Å². The Bertz CT molecular complexity index is 1040. The number of hydrogen-bond donors (Lipinski definition) is 0. The molecular formula is C25H28OSi. The molecule has 27 heavy (non-hydrogen) atoms. The van der Waals surface area contributed by atoms with Crippen LogP contribution in [0.3, 0.4) is 0 Å². The average Bonchev–Trinajstić information content (AvgIpc) is 3.21. The summed E-state index contributed by atoms with van der Waals surface area (Å²) in [6, 6.07) is 15.8. The number of hydrogen-bond acceptors (Lipinski definition) is 1. The van der Waals surface area contributed by atoms with Crippen molar-refractivity contribution in [1.29, 1.82) is 0 Å². The van der Waals surface area contributed by atoms with Crippen molar-refractivity contribution >= 4 is 24.9 Å². The van der Waals surface area contributed by atoms with Crippen molar-refractivity contribution in [3.63, 3.8) is 0 Å². The molecule has 0 spiro atoms. The maximum absolute atomic E-state index is 5.89. The first-order valence-electron chi connectivity index (χ1n) is 9.75. The van der Waals surface area contributed by atoms with Crippen LogP contribution in [0.15, 0.2) is 46.9 Å². The zero-order chi connectivity index (χ0) is 19.3. The lowest BCUT2D eigenvalue weighted by Crippen LogP contribution is -2.37. The number of benzene rings is 2. The number of allylic oxidation sites excluding steroid dienone is 1. The van der Waals surface area contributed by atoms with E-state index in [1.165, 1.54) is 44.1 Å². The molecule has 4 rings (SSSR count). The molecule has 0 amide bonds. The Kier molecular flexibility index (Phi) is 4.27. The molecule has 0 atom stereocenters. The molecular weight excluding hydrogens is 344 g/mol. The van der Waals surface area contributed by atoms with Gasteiger partial charge in [-0.2, -0.15) is 0 Å². The molecule has 1 heterocycles. The van der Waals surface area contributed by atoms with Crippen molar-refractivity contribution < 1.29 is 4.42 Å². The van der Waals surface area contributed by atoms with Crippen molar-refractivity contribution in [2.45, 2.75) is 46.8 Å². The van der Waals surface area contributed by atoms with E-state index in [0.29, 0.717) is 0 Å². The van der Waals surface area contributed by atoms with E-state index in [2.05, 4.69) is 76.0 Å². The van der Waals surface area contributed by atoms with Gasteiger partial charge in [0.2, 0.25) is 0 Å². The normalized spacial score (nSPS) is 13.6. The maximum atomic E-state index is 5.89. The van der Waals surface area contributed by atoms with Crippen LogP contribution < -0.4 is 5.19 Å². The van der Waals surface area contributed by atoms with Gasteiger partial charge in [0.1, 0.15) is 11.5 Å². The summed E-state index contributed by atoms with van der Waals surface area (Å²) < 4.78 is 5.89. The van der Waals surface area contributed by atoms with Crippen LogP contribution in [0.4, 0.5) is 0 Å². The molecule has 3 aromatic rings. The summed E-state index contributed by atoms with van der Waals surface area (Å²) in [5.41, 5.74) is 9.50. The molecule has 1 nitrogen and oxygen atoms in total. The molecule has 0 saturated heterocycles. The summed E-state index contributed by atoms with van der Waals surface area (Å²) in [7, 11) is -1.28. The third-order valence-corrected chi connectivity index (χ3v) is 7.83. The Morgan fingerprint density at radius 3 is 2.19 bits per heavy atom. The number of aryl methyl sites for hydroxylation is 2. The van der Waals surface area contributed by atoms with Crippen LogP contribution in [-0.4, -0.2) is 8.07 Å². The highest BCUT2D eigenvalue weighted by molar-refractivity contribution is 6.88. The minimum atomic E-state index is -1.28. The van der Waals surface area contributed by atoms with Gasteiger partial charge < -0.3 is 4.42 Å². The lowest BCUT2D eigenvalue weighted by molar-refractivity contribution is 0.521.